The largest absolute Gasteiger partial charge is 0.496 e. The quantitative estimate of drug-likeness (QED) is 0.766. The molecule has 0 saturated heterocycles. The van der Waals surface area contributed by atoms with Gasteiger partial charge in [0, 0.05) is 20.6 Å². The molecule has 0 radical (unpaired) electrons. The van der Waals surface area contributed by atoms with Crippen molar-refractivity contribution in [3.63, 3.8) is 0 Å². The molecular formula is C13H20O4. The van der Waals surface area contributed by atoms with E-state index in [0.717, 1.165) is 16.9 Å². The Hall–Kier alpha value is -1.10. The Kier molecular flexibility index (Phi) is 5.41. The third kappa shape index (κ3) is 3.70. The minimum Gasteiger partial charge on any atom is -0.496 e. The number of aliphatic hydroxyl groups is 1. The highest BCUT2D eigenvalue weighted by Crippen LogP contribution is 2.22. The summed E-state index contributed by atoms with van der Waals surface area (Å²) >= 11 is 0. The molecule has 4 nitrogen and oxygen atoms in total. The van der Waals surface area contributed by atoms with Crippen molar-refractivity contribution < 1.29 is 19.3 Å². The number of hydrogen-bond donors (Lipinski definition) is 1. The van der Waals surface area contributed by atoms with Crippen LogP contribution >= 0.6 is 0 Å². The normalized spacial score (nSPS) is 12.8. The minimum atomic E-state index is -0.722. The predicted molar refractivity (Wildman–Crippen MR) is 65.2 cm³/mol. The zero-order chi connectivity index (χ0) is 12.8. The Labute approximate surface area is 102 Å². The van der Waals surface area contributed by atoms with Gasteiger partial charge >= 0.3 is 0 Å². The first-order valence-corrected chi connectivity index (χ1v) is 5.49. The first kappa shape index (κ1) is 14.0. The molecule has 96 valence electrons. The van der Waals surface area contributed by atoms with E-state index in [1.54, 1.807) is 7.11 Å². The van der Waals surface area contributed by atoms with Gasteiger partial charge in [0.05, 0.1) is 7.11 Å². The Morgan fingerprint density at radius 2 is 1.82 bits per heavy atom. The first-order chi connectivity index (χ1) is 8.12. The molecule has 0 amide bonds. The van der Waals surface area contributed by atoms with E-state index < -0.39 is 12.4 Å². The van der Waals surface area contributed by atoms with Crippen molar-refractivity contribution in [1.82, 2.24) is 0 Å². The second kappa shape index (κ2) is 6.59. The molecule has 1 atom stereocenters. The number of benzene rings is 1. The van der Waals surface area contributed by atoms with Crippen molar-refractivity contribution in [2.75, 3.05) is 21.3 Å². The van der Waals surface area contributed by atoms with Gasteiger partial charge in [0.2, 0.25) is 0 Å². The van der Waals surface area contributed by atoms with Crippen molar-refractivity contribution in [3.8, 4) is 5.75 Å². The summed E-state index contributed by atoms with van der Waals surface area (Å²) in [4.78, 5) is 0. The van der Waals surface area contributed by atoms with Gasteiger partial charge in [-0.3, -0.25) is 0 Å². The molecule has 0 heterocycles. The number of ether oxygens (including phenoxy) is 3. The van der Waals surface area contributed by atoms with Crippen LogP contribution in [-0.2, 0) is 15.9 Å². The molecular weight excluding hydrogens is 220 g/mol. The zero-order valence-corrected chi connectivity index (χ0v) is 10.8. The second-order valence-corrected chi connectivity index (χ2v) is 3.93. The molecule has 17 heavy (non-hydrogen) atoms. The molecule has 1 unspecified atom stereocenters. The van der Waals surface area contributed by atoms with Gasteiger partial charge in [0.15, 0.2) is 6.29 Å². The SMILES string of the molecule is COc1ccc(C)cc1CC(O)C(OC)OC. The predicted octanol–water partition coefficient (Wildman–Crippen LogP) is 1.53. The summed E-state index contributed by atoms with van der Waals surface area (Å²) in [5.41, 5.74) is 2.07. The highest BCUT2D eigenvalue weighted by atomic mass is 16.7. The van der Waals surface area contributed by atoms with Gasteiger partial charge in [-0.15, -0.1) is 0 Å². The number of rotatable bonds is 6. The van der Waals surface area contributed by atoms with Crippen molar-refractivity contribution >= 4 is 0 Å². The molecule has 0 aliphatic carbocycles. The molecule has 0 saturated carbocycles. The average Bonchev–Trinajstić information content (AvgIpc) is 2.31. The first-order valence-electron chi connectivity index (χ1n) is 5.49. The molecule has 0 spiro atoms. The molecule has 1 aromatic rings. The van der Waals surface area contributed by atoms with Crippen molar-refractivity contribution in [3.05, 3.63) is 29.3 Å². The number of hydrogen-bond acceptors (Lipinski definition) is 4. The Morgan fingerprint density at radius 3 is 2.35 bits per heavy atom. The van der Waals surface area contributed by atoms with Crippen LogP contribution in [0.2, 0.25) is 0 Å². The van der Waals surface area contributed by atoms with Gasteiger partial charge < -0.3 is 19.3 Å². The monoisotopic (exact) mass is 240 g/mol. The van der Waals surface area contributed by atoms with Crippen molar-refractivity contribution in [1.29, 1.82) is 0 Å². The zero-order valence-electron chi connectivity index (χ0n) is 10.8. The molecule has 0 fully saturated rings. The molecule has 1 N–H and O–H groups in total. The molecule has 0 bridgehead atoms. The van der Waals surface area contributed by atoms with Gasteiger partial charge in [0.1, 0.15) is 11.9 Å². The van der Waals surface area contributed by atoms with Crippen molar-refractivity contribution in [2.24, 2.45) is 0 Å². The standard InChI is InChI=1S/C13H20O4/c1-9-5-6-12(15-2)10(7-9)8-11(14)13(16-3)17-4/h5-7,11,13-14H,8H2,1-4H3. The molecule has 1 aromatic carbocycles. The maximum Gasteiger partial charge on any atom is 0.183 e. The van der Waals surface area contributed by atoms with E-state index in [9.17, 15) is 5.11 Å². The average molecular weight is 240 g/mol. The summed E-state index contributed by atoms with van der Waals surface area (Å²) in [7, 11) is 4.63. The Balaban J connectivity index is 2.82. The van der Waals surface area contributed by atoms with E-state index in [0.29, 0.717) is 6.42 Å². The lowest BCUT2D eigenvalue weighted by Gasteiger charge is -2.21. The van der Waals surface area contributed by atoms with Crippen molar-refractivity contribution in [2.45, 2.75) is 25.7 Å². The van der Waals surface area contributed by atoms with Crippen LogP contribution in [0.4, 0.5) is 0 Å². The third-order valence-corrected chi connectivity index (χ3v) is 2.64. The van der Waals surface area contributed by atoms with Crippen LogP contribution in [-0.4, -0.2) is 38.8 Å². The lowest BCUT2D eigenvalue weighted by Crippen LogP contribution is -2.31. The molecule has 0 aliphatic heterocycles. The minimum absolute atomic E-state index is 0.428. The highest BCUT2D eigenvalue weighted by Gasteiger charge is 2.20. The highest BCUT2D eigenvalue weighted by molar-refractivity contribution is 5.37. The van der Waals surface area contributed by atoms with Gasteiger partial charge in [-0.25, -0.2) is 0 Å². The molecule has 1 rings (SSSR count). The smallest absolute Gasteiger partial charge is 0.183 e. The molecule has 0 aliphatic rings. The maximum absolute atomic E-state index is 9.97. The van der Waals surface area contributed by atoms with Gasteiger partial charge in [0.25, 0.3) is 0 Å². The van der Waals surface area contributed by atoms with Crippen LogP contribution in [0.25, 0.3) is 0 Å². The van der Waals surface area contributed by atoms with Gasteiger partial charge in [-0.1, -0.05) is 17.7 Å². The second-order valence-electron chi connectivity index (χ2n) is 3.93. The van der Waals surface area contributed by atoms with Crippen LogP contribution in [0, 0.1) is 6.92 Å². The van der Waals surface area contributed by atoms with Crippen LogP contribution < -0.4 is 4.74 Å². The molecule has 0 aromatic heterocycles. The number of methoxy groups -OCH3 is 3. The third-order valence-electron chi connectivity index (χ3n) is 2.64. The fraction of sp³-hybridized carbons (Fsp3) is 0.538. The topological polar surface area (TPSA) is 47.9 Å². The van der Waals surface area contributed by atoms with E-state index in [2.05, 4.69) is 0 Å². The summed E-state index contributed by atoms with van der Waals surface area (Å²) in [6.07, 6.45) is -0.919. The van der Waals surface area contributed by atoms with Crippen LogP contribution in [0.5, 0.6) is 5.75 Å². The number of aryl methyl sites for hydroxylation is 1. The summed E-state index contributed by atoms with van der Waals surface area (Å²) in [6.45, 7) is 2.00. The maximum atomic E-state index is 9.97. The summed E-state index contributed by atoms with van der Waals surface area (Å²) in [5, 5.41) is 9.97. The lowest BCUT2D eigenvalue weighted by atomic mass is 10.0. The fourth-order valence-electron chi connectivity index (χ4n) is 1.80. The van der Waals surface area contributed by atoms with Crippen LogP contribution in [0.1, 0.15) is 11.1 Å². The number of aliphatic hydroxyl groups excluding tert-OH is 1. The summed E-state index contributed by atoms with van der Waals surface area (Å²) < 4.78 is 15.3. The van der Waals surface area contributed by atoms with E-state index in [1.165, 1.54) is 14.2 Å². The van der Waals surface area contributed by atoms with Crippen LogP contribution in [0.15, 0.2) is 18.2 Å². The Morgan fingerprint density at radius 1 is 1.18 bits per heavy atom. The van der Waals surface area contributed by atoms with Crippen LogP contribution in [0.3, 0.4) is 0 Å². The van der Waals surface area contributed by atoms with E-state index in [1.807, 2.05) is 25.1 Å². The van der Waals surface area contributed by atoms with E-state index in [4.69, 9.17) is 14.2 Å². The fourth-order valence-corrected chi connectivity index (χ4v) is 1.80. The van der Waals surface area contributed by atoms with E-state index in [-0.39, 0.29) is 0 Å². The lowest BCUT2D eigenvalue weighted by molar-refractivity contribution is -0.163. The molecule has 4 heteroatoms. The van der Waals surface area contributed by atoms with E-state index >= 15 is 0 Å². The Bertz CT molecular complexity index is 347. The summed E-state index contributed by atoms with van der Waals surface area (Å²) in [6, 6.07) is 5.86. The summed E-state index contributed by atoms with van der Waals surface area (Å²) in [5.74, 6) is 0.764. The van der Waals surface area contributed by atoms with Gasteiger partial charge in [-0.05, 0) is 18.6 Å². The van der Waals surface area contributed by atoms with Gasteiger partial charge in [-0.2, -0.15) is 0 Å².